The van der Waals surface area contributed by atoms with Crippen LogP contribution in [0, 0.1) is 6.92 Å². The van der Waals surface area contributed by atoms with Crippen molar-refractivity contribution in [1.82, 2.24) is 9.88 Å². The maximum Gasteiger partial charge on any atom is 0.357 e. The van der Waals surface area contributed by atoms with Crippen molar-refractivity contribution in [2.24, 2.45) is 0 Å². The Labute approximate surface area is 116 Å². The molecule has 0 aliphatic rings. The van der Waals surface area contributed by atoms with E-state index in [1.165, 1.54) is 18.4 Å². The van der Waals surface area contributed by atoms with Gasteiger partial charge in [-0.25, -0.2) is 9.78 Å². The standard InChI is InChI=1S/C12H19N3O3S/c1-6-15(4)10(16)7(2)13-12-14-9(8(3)19-12)11(17)18-5/h7H,6H2,1-5H3,(H,13,14). The summed E-state index contributed by atoms with van der Waals surface area (Å²) < 4.78 is 4.64. The van der Waals surface area contributed by atoms with Crippen LogP contribution in [0.4, 0.5) is 5.13 Å². The molecular formula is C12H19N3O3S. The molecule has 1 unspecified atom stereocenters. The fraction of sp³-hybridized carbons (Fsp3) is 0.583. The summed E-state index contributed by atoms with van der Waals surface area (Å²) in [6.45, 7) is 6.12. The second-order valence-corrected chi connectivity index (χ2v) is 5.34. The van der Waals surface area contributed by atoms with E-state index in [0.717, 1.165) is 4.88 Å². The summed E-state index contributed by atoms with van der Waals surface area (Å²) >= 11 is 1.33. The molecule has 1 rings (SSSR count). The predicted molar refractivity (Wildman–Crippen MR) is 74.6 cm³/mol. The second kappa shape index (κ2) is 6.51. The van der Waals surface area contributed by atoms with Crippen molar-refractivity contribution in [3.63, 3.8) is 0 Å². The molecule has 0 fully saturated rings. The van der Waals surface area contributed by atoms with Crippen molar-refractivity contribution < 1.29 is 14.3 Å². The number of amides is 1. The molecule has 1 amide bonds. The summed E-state index contributed by atoms with van der Waals surface area (Å²) in [5.74, 6) is -0.485. The van der Waals surface area contributed by atoms with E-state index in [2.05, 4.69) is 15.0 Å². The molecule has 0 radical (unpaired) electrons. The van der Waals surface area contributed by atoms with Crippen LogP contribution in [0.3, 0.4) is 0 Å². The highest BCUT2D eigenvalue weighted by molar-refractivity contribution is 7.15. The molecule has 0 bridgehead atoms. The SMILES string of the molecule is CCN(C)C(=O)C(C)Nc1nc(C(=O)OC)c(C)s1. The molecule has 6 nitrogen and oxygen atoms in total. The highest BCUT2D eigenvalue weighted by atomic mass is 32.1. The first-order valence-corrected chi connectivity index (χ1v) is 6.79. The minimum atomic E-state index is -0.466. The highest BCUT2D eigenvalue weighted by Crippen LogP contribution is 2.23. The van der Waals surface area contributed by atoms with Gasteiger partial charge in [0.25, 0.3) is 0 Å². The molecule has 0 spiro atoms. The monoisotopic (exact) mass is 285 g/mol. The van der Waals surface area contributed by atoms with Gasteiger partial charge in [-0.15, -0.1) is 11.3 Å². The number of rotatable bonds is 5. The topological polar surface area (TPSA) is 71.5 Å². The summed E-state index contributed by atoms with van der Waals surface area (Å²) in [7, 11) is 3.06. The lowest BCUT2D eigenvalue weighted by molar-refractivity contribution is -0.130. The Morgan fingerprint density at radius 1 is 1.53 bits per heavy atom. The van der Waals surface area contributed by atoms with Crippen molar-refractivity contribution in [1.29, 1.82) is 0 Å². The smallest absolute Gasteiger partial charge is 0.357 e. The van der Waals surface area contributed by atoms with Crippen molar-refractivity contribution in [3.8, 4) is 0 Å². The number of ether oxygens (including phenoxy) is 1. The van der Waals surface area contributed by atoms with Crippen LogP contribution < -0.4 is 5.32 Å². The molecule has 1 aromatic heterocycles. The van der Waals surface area contributed by atoms with E-state index in [4.69, 9.17) is 0 Å². The zero-order valence-electron chi connectivity index (χ0n) is 11.8. The number of carbonyl (C=O) groups excluding carboxylic acids is 2. The van der Waals surface area contributed by atoms with Crippen molar-refractivity contribution in [2.45, 2.75) is 26.8 Å². The van der Waals surface area contributed by atoms with E-state index >= 15 is 0 Å². The molecule has 1 aromatic rings. The molecule has 0 aliphatic carbocycles. The van der Waals surface area contributed by atoms with Gasteiger partial charge in [-0.1, -0.05) is 0 Å². The van der Waals surface area contributed by atoms with Gasteiger partial charge in [0, 0.05) is 18.5 Å². The Balaban J connectivity index is 2.78. The van der Waals surface area contributed by atoms with Gasteiger partial charge in [-0.2, -0.15) is 0 Å². The summed E-state index contributed by atoms with van der Waals surface area (Å²) in [4.78, 5) is 29.9. The van der Waals surface area contributed by atoms with Crippen LogP contribution in [-0.2, 0) is 9.53 Å². The number of aryl methyl sites for hydroxylation is 1. The zero-order chi connectivity index (χ0) is 14.6. The highest BCUT2D eigenvalue weighted by Gasteiger charge is 2.20. The summed E-state index contributed by atoms with van der Waals surface area (Å²) in [5.41, 5.74) is 0.290. The van der Waals surface area contributed by atoms with Crippen LogP contribution in [0.2, 0.25) is 0 Å². The third kappa shape index (κ3) is 3.66. The van der Waals surface area contributed by atoms with Gasteiger partial charge in [0.05, 0.1) is 7.11 Å². The number of hydrogen-bond donors (Lipinski definition) is 1. The van der Waals surface area contributed by atoms with Gasteiger partial charge in [0.2, 0.25) is 5.91 Å². The lowest BCUT2D eigenvalue weighted by atomic mass is 10.3. The molecule has 0 aliphatic heterocycles. The number of carbonyl (C=O) groups is 2. The Morgan fingerprint density at radius 2 is 2.16 bits per heavy atom. The normalized spacial score (nSPS) is 11.8. The van der Waals surface area contributed by atoms with E-state index in [9.17, 15) is 9.59 Å². The molecule has 0 saturated carbocycles. The first kappa shape index (κ1) is 15.4. The molecule has 0 aromatic carbocycles. The number of likely N-dealkylation sites (N-methyl/N-ethyl adjacent to an activating group) is 1. The number of aromatic nitrogens is 1. The van der Waals surface area contributed by atoms with Crippen LogP contribution in [0.1, 0.15) is 29.2 Å². The van der Waals surface area contributed by atoms with Gasteiger partial charge >= 0.3 is 5.97 Å². The molecular weight excluding hydrogens is 266 g/mol. The van der Waals surface area contributed by atoms with E-state index < -0.39 is 5.97 Å². The third-order valence-corrected chi connectivity index (χ3v) is 3.64. The third-order valence-electron chi connectivity index (χ3n) is 2.74. The molecule has 1 N–H and O–H groups in total. The maximum absolute atomic E-state index is 11.9. The number of nitrogens with zero attached hydrogens (tertiary/aromatic N) is 2. The summed E-state index contributed by atoms with van der Waals surface area (Å²) in [5, 5.41) is 3.55. The van der Waals surface area contributed by atoms with Gasteiger partial charge in [0.1, 0.15) is 6.04 Å². The van der Waals surface area contributed by atoms with E-state index in [0.29, 0.717) is 17.4 Å². The molecule has 1 atom stereocenters. The van der Waals surface area contributed by atoms with Gasteiger partial charge in [-0.05, 0) is 20.8 Å². The largest absolute Gasteiger partial charge is 0.464 e. The Hall–Kier alpha value is -1.63. The van der Waals surface area contributed by atoms with Crippen molar-refractivity contribution >= 4 is 28.3 Å². The zero-order valence-corrected chi connectivity index (χ0v) is 12.6. The minimum Gasteiger partial charge on any atom is -0.464 e. The van der Waals surface area contributed by atoms with Crippen molar-refractivity contribution in [3.05, 3.63) is 10.6 Å². The maximum atomic E-state index is 11.9. The lowest BCUT2D eigenvalue weighted by Gasteiger charge is -2.20. The second-order valence-electron chi connectivity index (χ2n) is 4.13. The quantitative estimate of drug-likeness (QED) is 0.830. The summed E-state index contributed by atoms with van der Waals surface area (Å²) in [6.07, 6.45) is 0. The Morgan fingerprint density at radius 3 is 2.68 bits per heavy atom. The average molecular weight is 285 g/mol. The van der Waals surface area contributed by atoms with E-state index in [-0.39, 0.29) is 11.9 Å². The number of hydrogen-bond acceptors (Lipinski definition) is 6. The van der Waals surface area contributed by atoms with Crippen LogP contribution in [-0.4, -0.2) is 48.5 Å². The Kier molecular flexibility index (Phi) is 5.29. The molecule has 106 valence electrons. The number of esters is 1. The van der Waals surface area contributed by atoms with E-state index in [1.807, 2.05) is 6.92 Å². The van der Waals surface area contributed by atoms with Crippen molar-refractivity contribution in [2.75, 3.05) is 26.0 Å². The van der Waals surface area contributed by atoms with Crippen LogP contribution in [0.5, 0.6) is 0 Å². The number of nitrogens with one attached hydrogen (secondary N) is 1. The molecule has 19 heavy (non-hydrogen) atoms. The van der Waals surface area contributed by atoms with Gasteiger partial charge < -0.3 is 15.0 Å². The van der Waals surface area contributed by atoms with Crippen LogP contribution in [0.15, 0.2) is 0 Å². The van der Waals surface area contributed by atoms with Gasteiger partial charge in [-0.3, -0.25) is 4.79 Å². The van der Waals surface area contributed by atoms with E-state index in [1.54, 1.807) is 25.8 Å². The first-order chi connectivity index (χ1) is 8.90. The molecule has 0 saturated heterocycles. The Bertz CT molecular complexity index is 473. The predicted octanol–water partition coefficient (Wildman–Crippen LogP) is 1.52. The summed E-state index contributed by atoms with van der Waals surface area (Å²) in [6, 6.07) is -0.388. The fourth-order valence-electron chi connectivity index (χ4n) is 1.48. The number of methoxy groups -OCH3 is 1. The number of anilines is 1. The van der Waals surface area contributed by atoms with Gasteiger partial charge in [0.15, 0.2) is 10.8 Å². The minimum absolute atomic E-state index is 0.0185. The fourth-order valence-corrected chi connectivity index (χ4v) is 2.37. The number of thiazole rings is 1. The first-order valence-electron chi connectivity index (χ1n) is 5.97. The molecule has 7 heteroatoms. The van der Waals surface area contributed by atoms with Crippen LogP contribution in [0.25, 0.3) is 0 Å². The molecule has 1 heterocycles. The average Bonchev–Trinajstić information content (AvgIpc) is 2.76. The van der Waals surface area contributed by atoms with Crippen LogP contribution >= 0.6 is 11.3 Å². The lowest BCUT2D eigenvalue weighted by Crippen LogP contribution is -2.38.